The molecule has 0 aliphatic heterocycles. The molecule has 84 valence electrons. The van der Waals surface area contributed by atoms with Crippen LogP contribution in [0.3, 0.4) is 0 Å². The quantitative estimate of drug-likeness (QED) is 0.747. The number of benzene rings is 1. The van der Waals surface area contributed by atoms with Gasteiger partial charge in [0.1, 0.15) is 0 Å². The van der Waals surface area contributed by atoms with Crippen molar-refractivity contribution in [3.63, 3.8) is 0 Å². The standard InChI is InChI=1S/C13H21NO/c1-3-13(14-10-11(2)15)9-12-7-5-4-6-8-12/h4-8,11,13-15H,3,9-10H2,1-2H3/t11-,13-/m1/s1. The lowest BCUT2D eigenvalue weighted by atomic mass is 10.0. The van der Waals surface area contributed by atoms with E-state index in [4.69, 9.17) is 0 Å². The van der Waals surface area contributed by atoms with Gasteiger partial charge in [-0.2, -0.15) is 0 Å². The Morgan fingerprint density at radius 1 is 1.27 bits per heavy atom. The minimum atomic E-state index is -0.269. The summed E-state index contributed by atoms with van der Waals surface area (Å²) in [5.74, 6) is 0. The Kier molecular flexibility index (Phi) is 5.37. The SMILES string of the molecule is CC[C@H](Cc1ccccc1)NC[C@@H](C)O. The van der Waals surface area contributed by atoms with Gasteiger partial charge in [0.2, 0.25) is 0 Å². The highest BCUT2D eigenvalue weighted by atomic mass is 16.3. The van der Waals surface area contributed by atoms with E-state index in [1.165, 1.54) is 5.56 Å². The van der Waals surface area contributed by atoms with Crippen LogP contribution in [-0.2, 0) is 6.42 Å². The van der Waals surface area contributed by atoms with E-state index in [-0.39, 0.29) is 6.10 Å². The van der Waals surface area contributed by atoms with Gasteiger partial charge >= 0.3 is 0 Å². The normalized spacial score (nSPS) is 14.9. The Labute approximate surface area is 92.3 Å². The molecule has 0 unspecified atom stereocenters. The fraction of sp³-hybridized carbons (Fsp3) is 0.538. The first-order valence-electron chi connectivity index (χ1n) is 5.67. The first kappa shape index (κ1) is 12.2. The third-order valence-electron chi connectivity index (χ3n) is 2.52. The number of hydrogen-bond acceptors (Lipinski definition) is 2. The second kappa shape index (κ2) is 6.59. The van der Waals surface area contributed by atoms with E-state index >= 15 is 0 Å². The van der Waals surface area contributed by atoms with E-state index in [1.807, 2.05) is 13.0 Å². The van der Waals surface area contributed by atoms with Gasteiger partial charge in [0.15, 0.2) is 0 Å². The molecular formula is C13H21NO. The van der Waals surface area contributed by atoms with Crippen LogP contribution in [0, 0.1) is 0 Å². The van der Waals surface area contributed by atoms with Crippen molar-refractivity contribution in [3.8, 4) is 0 Å². The van der Waals surface area contributed by atoms with Crippen molar-refractivity contribution >= 4 is 0 Å². The number of rotatable bonds is 6. The van der Waals surface area contributed by atoms with Gasteiger partial charge in [0.05, 0.1) is 6.10 Å². The summed E-state index contributed by atoms with van der Waals surface area (Å²) in [7, 11) is 0. The molecule has 0 aliphatic carbocycles. The summed E-state index contributed by atoms with van der Waals surface area (Å²) >= 11 is 0. The van der Waals surface area contributed by atoms with Gasteiger partial charge in [-0.05, 0) is 25.3 Å². The van der Waals surface area contributed by atoms with Crippen molar-refractivity contribution < 1.29 is 5.11 Å². The van der Waals surface area contributed by atoms with Gasteiger partial charge < -0.3 is 10.4 Å². The maximum atomic E-state index is 9.20. The Morgan fingerprint density at radius 3 is 2.47 bits per heavy atom. The molecule has 0 saturated carbocycles. The third-order valence-corrected chi connectivity index (χ3v) is 2.52. The fourth-order valence-corrected chi connectivity index (χ4v) is 1.60. The number of aliphatic hydroxyl groups is 1. The molecule has 0 saturated heterocycles. The molecule has 0 radical (unpaired) electrons. The van der Waals surface area contributed by atoms with E-state index in [1.54, 1.807) is 0 Å². The minimum Gasteiger partial charge on any atom is -0.392 e. The largest absolute Gasteiger partial charge is 0.392 e. The summed E-state index contributed by atoms with van der Waals surface area (Å²) in [4.78, 5) is 0. The Balaban J connectivity index is 2.40. The maximum absolute atomic E-state index is 9.20. The smallest absolute Gasteiger partial charge is 0.0636 e. The van der Waals surface area contributed by atoms with E-state index < -0.39 is 0 Å². The van der Waals surface area contributed by atoms with Gasteiger partial charge in [-0.3, -0.25) is 0 Å². The predicted molar refractivity (Wildman–Crippen MR) is 63.9 cm³/mol. The third kappa shape index (κ3) is 4.96. The first-order valence-corrected chi connectivity index (χ1v) is 5.67. The molecule has 2 N–H and O–H groups in total. The molecule has 2 heteroatoms. The highest BCUT2D eigenvalue weighted by Gasteiger charge is 2.07. The van der Waals surface area contributed by atoms with Crippen molar-refractivity contribution in [2.75, 3.05) is 6.54 Å². The molecule has 0 heterocycles. The second-order valence-electron chi connectivity index (χ2n) is 4.05. The van der Waals surface area contributed by atoms with Gasteiger partial charge in [-0.1, -0.05) is 37.3 Å². The molecule has 0 fully saturated rings. The molecule has 15 heavy (non-hydrogen) atoms. The van der Waals surface area contributed by atoms with Crippen LogP contribution in [-0.4, -0.2) is 23.8 Å². The zero-order valence-electron chi connectivity index (χ0n) is 9.61. The number of hydrogen-bond donors (Lipinski definition) is 2. The van der Waals surface area contributed by atoms with Gasteiger partial charge in [-0.25, -0.2) is 0 Å². The minimum absolute atomic E-state index is 0.269. The molecule has 0 bridgehead atoms. The number of nitrogens with one attached hydrogen (secondary N) is 1. The Hall–Kier alpha value is -0.860. The van der Waals surface area contributed by atoms with Crippen molar-refractivity contribution in [1.82, 2.24) is 5.32 Å². The van der Waals surface area contributed by atoms with E-state index in [0.29, 0.717) is 12.6 Å². The Morgan fingerprint density at radius 2 is 1.93 bits per heavy atom. The summed E-state index contributed by atoms with van der Waals surface area (Å²) in [6, 6.07) is 10.9. The van der Waals surface area contributed by atoms with Crippen LogP contribution in [0.5, 0.6) is 0 Å². The van der Waals surface area contributed by atoms with Crippen molar-refractivity contribution in [3.05, 3.63) is 35.9 Å². The van der Waals surface area contributed by atoms with Crippen LogP contribution in [0.1, 0.15) is 25.8 Å². The lowest BCUT2D eigenvalue weighted by Crippen LogP contribution is -2.35. The van der Waals surface area contributed by atoms with E-state index in [0.717, 1.165) is 12.8 Å². The summed E-state index contributed by atoms with van der Waals surface area (Å²) in [6.45, 7) is 4.65. The van der Waals surface area contributed by atoms with Gasteiger partial charge in [0, 0.05) is 12.6 Å². The van der Waals surface area contributed by atoms with Crippen LogP contribution >= 0.6 is 0 Å². The molecule has 2 atom stereocenters. The topological polar surface area (TPSA) is 32.3 Å². The van der Waals surface area contributed by atoms with Gasteiger partial charge in [-0.15, -0.1) is 0 Å². The molecule has 0 spiro atoms. The van der Waals surface area contributed by atoms with Crippen molar-refractivity contribution in [2.24, 2.45) is 0 Å². The van der Waals surface area contributed by atoms with Crippen LogP contribution < -0.4 is 5.32 Å². The fourth-order valence-electron chi connectivity index (χ4n) is 1.60. The van der Waals surface area contributed by atoms with Crippen LogP contribution in [0.15, 0.2) is 30.3 Å². The molecule has 0 aromatic heterocycles. The molecule has 1 aromatic carbocycles. The second-order valence-corrected chi connectivity index (χ2v) is 4.05. The van der Waals surface area contributed by atoms with E-state index in [2.05, 4.69) is 36.5 Å². The zero-order chi connectivity index (χ0) is 11.1. The maximum Gasteiger partial charge on any atom is 0.0636 e. The van der Waals surface area contributed by atoms with E-state index in [9.17, 15) is 5.11 Å². The summed E-state index contributed by atoms with van der Waals surface area (Å²) in [5.41, 5.74) is 1.35. The highest BCUT2D eigenvalue weighted by Crippen LogP contribution is 2.05. The average molecular weight is 207 g/mol. The van der Waals surface area contributed by atoms with Gasteiger partial charge in [0.25, 0.3) is 0 Å². The molecular weight excluding hydrogens is 186 g/mol. The predicted octanol–water partition coefficient (Wildman–Crippen LogP) is 1.98. The summed E-state index contributed by atoms with van der Waals surface area (Å²) in [5, 5.41) is 12.6. The lowest BCUT2D eigenvalue weighted by Gasteiger charge is -2.18. The van der Waals surface area contributed by atoms with Crippen molar-refractivity contribution in [2.45, 2.75) is 38.8 Å². The lowest BCUT2D eigenvalue weighted by molar-refractivity contribution is 0.185. The zero-order valence-corrected chi connectivity index (χ0v) is 9.61. The first-order chi connectivity index (χ1) is 7.22. The Bertz CT molecular complexity index is 258. The van der Waals surface area contributed by atoms with Crippen LogP contribution in [0.25, 0.3) is 0 Å². The van der Waals surface area contributed by atoms with Crippen LogP contribution in [0.2, 0.25) is 0 Å². The summed E-state index contributed by atoms with van der Waals surface area (Å²) in [6.07, 6.45) is 1.85. The molecule has 0 aliphatic rings. The molecule has 0 amide bonds. The molecule has 1 aromatic rings. The monoisotopic (exact) mass is 207 g/mol. The molecule has 2 nitrogen and oxygen atoms in total. The average Bonchev–Trinajstić information content (AvgIpc) is 2.25. The number of aliphatic hydroxyl groups excluding tert-OH is 1. The van der Waals surface area contributed by atoms with Crippen LogP contribution in [0.4, 0.5) is 0 Å². The summed E-state index contributed by atoms with van der Waals surface area (Å²) < 4.78 is 0. The van der Waals surface area contributed by atoms with Crippen molar-refractivity contribution in [1.29, 1.82) is 0 Å². The highest BCUT2D eigenvalue weighted by molar-refractivity contribution is 5.15. The molecule has 1 rings (SSSR count).